The SMILES string of the molecule is C[C@@]1(O)CC[C@@]2(F)[C@H](CC[C@H]3[C@@H]4CC[C@H](C(=O)Cn5cc(-c6ncco6)cn5)[C@@]4(C)CC[C@@H]32)C1. The van der Waals surface area contributed by atoms with Crippen molar-refractivity contribution >= 4 is 5.78 Å². The van der Waals surface area contributed by atoms with Crippen LogP contribution in [0.3, 0.4) is 0 Å². The highest BCUT2D eigenvalue weighted by atomic mass is 19.1. The second kappa shape index (κ2) is 7.74. The summed E-state index contributed by atoms with van der Waals surface area (Å²) in [4.78, 5) is 17.6. The van der Waals surface area contributed by atoms with E-state index in [0.717, 1.165) is 44.1 Å². The minimum absolute atomic E-state index is 0.00760. The molecule has 4 aliphatic carbocycles. The van der Waals surface area contributed by atoms with Crippen LogP contribution in [0.2, 0.25) is 0 Å². The predicted octanol–water partition coefficient (Wildman–Crippen LogP) is 5.22. The molecule has 7 heteroatoms. The lowest BCUT2D eigenvalue weighted by molar-refractivity contribution is -0.166. The summed E-state index contributed by atoms with van der Waals surface area (Å²) in [6.07, 6.45) is 13.9. The number of carbonyl (C=O) groups is 1. The number of aliphatic hydroxyl groups is 1. The van der Waals surface area contributed by atoms with E-state index in [0.29, 0.717) is 37.0 Å². The van der Waals surface area contributed by atoms with Crippen molar-refractivity contribution in [1.29, 1.82) is 0 Å². The summed E-state index contributed by atoms with van der Waals surface area (Å²) in [5, 5.41) is 14.9. The zero-order valence-corrected chi connectivity index (χ0v) is 20.3. The number of Topliss-reactive ketones (excluding diaryl/α,β-unsaturated/α-hetero) is 1. The number of rotatable bonds is 4. The number of hydrogen-bond donors (Lipinski definition) is 1. The number of aromatic nitrogens is 3. The molecule has 0 aliphatic heterocycles. The van der Waals surface area contributed by atoms with Gasteiger partial charge in [-0.25, -0.2) is 9.37 Å². The number of halogens is 1. The van der Waals surface area contributed by atoms with Crippen molar-refractivity contribution in [2.45, 2.75) is 89.4 Å². The zero-order chi connectivity index (χ0) is 23.7. The number of carbonyl (C=O) groups excluding carboxylic acids is 1. The number of ketones is 1. The van der Waals surface area contributed by atoms with Gasteiger partial charge in [0.05, 0.1) is 30.1 Å². The third-order valence-corrected chi connectivity index (χ3v) is 10.3. The molecule has 2 aromatic rings. The first-order chi connectivity index (χ1) is 16.2. The lowest BCUT2D eigenvalue weighted by atomic mass is 9.48. The fourth-order valence-electron chi connectivity index (χ4n) is 8.70. The van der Waals surface area contributed by atoms with Gasteiger partial charge in [-0.15, -0.1) is 0 Å². The molecule has 0 saturated heterocycles. The topological polar surface area (TPSA) is 81.1 Å². The quantitative estimate of drug-likeness (QED) is 0.664. The second-order valence-electron chi connectivity index (χ2n) is 12.2. The molecule has 6 rings (SSSR count). The maximum atomic E-state index is 16.5. The Balaban J connectivity index is 1.18. The standard InChI is InChI=1S/C27H36FN3O3/c1-25(33)9-10-27(28)18(13-25)3-4-19-20-5-6-22(26(20,2)8-7-21(19)27)23(32)16-31-15-17(14-30-31)24-29-11-12-34-24/h11-12,14-15,18-22,33H,3-10,13,16H2,1-2H3/t18-,19+,20+,21+,22-,25-,26+,27-/m1/s1. The fraction of sp³-hybridized carbons (Fsp3) is 0.741. The van der Waals surface area contributed by atoms with Crippen LogP contribution < -0.4 is 0 Å². The molecular weight excluding hydrogens is 433 g/mol. The van der Waals surface area contributed by atoms with Crippen LogP contribution in [0.15, 0.2) is 29.3 Å². The van der Waals surface area contributed by atoms with Gasteiger partial charge in [0.15, 0.2) is 5.78 Å². The summed E-state index contributed by atoms with van der Waals surface area (Å²) in [6, 6.07) is 0. The summed E-state index contributed by atoms with van der Waals surface area (Å²) in [5.74, 6) is 1.60. The van der Waals surface area contributed by atoms with Gasteiger partial charge in [0, 0.05) is 12.1 Å². The Bertz CT molecular complexity index is 1070. The molecule has 0 unspecified atom stereocenters. The molecule has 1 N–H and O–H groups in total. The van der Waals surface area contributed by atoms with Crippen LogP contribution in [0.1, 0.15) is 71.6 Å². The van der Waals surface area contributed by atoms with Gasteiger partial charge in [-0.3, -0.25) is 9.48 Å². The van der Waals surface area contributed by atoms with Crippen molar-refractivity contribution in [1.82, 2.24) is 14.8 Å². The molecule has 0 aromatic carbocycles. The molecule has 34 heavy (non-hydrogen) atoms. The van der Waals surface area contributed by atoms with Crippen molar-refractivity contribution in [3.05, 3.63) is 24.9 Å². The smallest absolute Gasteiger partial charge is 0.229 e. The van der Waals surface area contributed by atoms with Crippen LogP contribution in [0.25, 0.3) is 11.5 Å². The number of alkyl halides is 1. The third kappa shape index (κ3) is 3.41. The minimum Gasteiger partial charge on any atom is -0.444 e. The van der Waals surface area contributed by atoms with Gasteiger partial charge in [-0.05, 0) is 93.8 Å². The average Bonchev–Trinajstić information content (AvgIpc) is 3.53. The highest BCUT2D eigenvalue weighted by molar-refractivity contribution is 5.82. The molecule has 0 radical (unpaired) electrons. The molecule has 0 amide bonds. The predicted molar refractivity (Wildman–Crippen MR) is 124 cm³/mol. The number of fused-ring (bicyclic) bond motifs is 5. The van der Waals surface area contributed by atoms with Gasteiger partial charge < -0.3 is 9.52 Å². The van der Waals surface area contributed by atoms with Gasteiger partial charge in [-0.1, -0.05) is 6.92 Å². The zero-order valence-electron chi connectivity index (χ0n) is 20.3. The van der Waals surface area contributed by atoms with Crippen LogP contribution in [0.4, 0.5) is 4.39 Å². The third-order valence-electron chi connectivity index (χ3n) is 10.3. The van der Waals surface area contributed by atoms with Crippen molar-refractivity contribution in [2.75, 3.05) is 0 Å². The Morgan fingerprint density at radius 3 is 2.82 bits per heavy atom. The first kappa shape index (κ1) is 22.4. The Kier molecular flexibility index (Phi) is 5.11. The Morgan fingerprint density at radius 2 is 2.03 bits per heavy atom. The van der Waals surface area contributed by atoms with Gasteiger partial charge in [0.25, 0.3) is 0 Å². The van der Waals surface area contributed by atoms with Gasteiger partial charge >= 0.3 is 0 Å². The van der Waals surface area contributed by atoms with E-state index in [1.54, 1.807) is 17.1 Å². The molecule has 2 aromatic heterocycles. The number of nitrogens with zero attached hydrogens (tertiary/aromatic N) is 3. The van der Waals surface area contributed by atoms with E-state index in [-0.39, 0.29) is 35.5 Å². The van der Waals surface area contributed by atoms with E-state index < -0.39 is 11.3 Å². The largest absolute Gasteiger partial charge is 0.444 e. The number of hydrogen-bond acceptors (Lipinski definition) is 5. The fourth-order valence-corrected chi connectivity index (χ4v) is 8.70. The van der Waals surface area contributed by atoms with Crippen molar-refractivity contribution in [3.8, 4) is 11.5 Å². The van der Waals surface area contributed by atoms with Crippen molar-refractivity contribution in [3.63, 3.8) is 0 Å². The molecule has 4 aliphatic rings. The molecule has 4 saturated carbocycles. The highest BCUT2D eigenvalue weighted by Crippen LogP contribution is 2.66. The van der Waals surface area contributed by atoms with E-state index in [2.05, 4.69) is 17.0 Å². The van der Waals surface area contributed by atoms with Crippen LogP contribution in [-0.4, -0.2) is 36.9 Å². The Morgan fingerprint density at radius 1 is 1.18 bits per heavy atom. The van der Waals surface area contributed by atoms with Crippen LogP contribution >= 0.6 is 0 Å². The lowest BCUT2D eigenvalue weighted by Gasteiger charge is -2.59. The lowest BCUT2D eigenvalue weighted by Crippen LogP contribution is -2.58. The molecule has 0 spiro atoms. The monoisotopic (exact) mass is 469 g/mol. The van der Waals surface area contributed by atoms with E-state index in [9.17, 15) is 9.90 Å². The van der Waals surface area contributed by atoms with Gasteiger partial charge in [-0.2, -0.15) is 5.10 Å². The Labute approximate surface area is 200 Å². The van der Waals surface area contributed by atoms with Crippen LogP contribution in [0, 0.1) is 35.0 Å². The van der Waals surface area contributed by atoms with Crippen LogP contribution in [0.5, 0.6) is 0 Å². The summed E-state index contributed by atoms with van der Waals surface area (Å²) < 4.78 is 23.6. The summed E-state index contributed by atoms with van der Waals surface area (Å²) in [6.45, 7) is 4.43. The van der Waals surface area contributed by atoms with Crippen LogP contribution in [-0.2, 0) is 11.3 Å². The maximum Gasteiger partial charge on any atom is 0.229 e. The first-order valence-electron chi connectivity index (χ1n) is 13.1. The molecule has 4 fully saturated rings. The molecule has 184 valence electrons. The van der Waals surface area contributed by atoms with E-state index in [4.69, 9.17) is 4.42 Å². The van der Waals surface area contributed by atoms with E-state index in [1.165, 1.54) is 6.26 Å². The van der Waals surface area contributed by atoms with E-state index >= 15 is 4.39 Å². The summed E-state index contributed by atoms with van der Waals surface area (Å²) in [5.41, 5.74) is -1.15. The summed E-state index contributed by atoms with van der Waals surface area (Å²) in [7, 11) is 0. The molecule has 0 bridgehead atoms. The normalized spacial score (nSPS) is 43.7. The number of oxazole rings is 1. The van der Waals surface area contributed by atoms with E-state index in [1.807, 2.05) is 13.1 Å². The van der Waals surface area contributed by atoms with Crippen molar-refractivity contribution < 1.29 is 18.7 Å². The molecule has 8 atom stereocenters. The van der Waals surface area contributed by atoms with Gasteiger partial charge in [0.1, 0.15) is 11.9 Å². The maximum absolute atomic E-state index is 16.5. The second-order valence-corrected chi connectivity index (χ2v) is 12.2. The molecule has 2 heterocycles. The highest BCUT2D eigenvalue weighted by Gasteiger charge is 2.63. The Hall–Kier alpha value is -2.02. The van der Waals surface area contributed by atoms with Crippen molar-refractivity contribution in [2.24, 2.45) is 35.0 Å². The first-order valence-corrected chi connectivity index (χ1v) is 13.1. The average molecular weight is 470 g/mol. The summed E-state index contributed by atoms with van der Waals surface area (Å²) >= 11 is 0. The molecule has 6 nitrogen and oxygen atoms in total. The molecular formula is C27H36FN3O3. The minimum atomic E-state index is -1.14. The van der Waals surface area contributed by atoms with Gasteiger partial charge in [0.2, 0.25) is 5.89 Å².